The third-order valence-corrected chi connectivity index (χ3v) is 4.10. The molecule has 2 aromatic rings. The molecule has 6 heteroatoms. The van der Waals surface area contributed by atoms with Crippen molar-refractivity contribution in [3.05, 3.63) is 59.7 Å². The smallest absolute Gasteiger partial charge is 0.251 e. The average molecular weight is 311 g/mol. The molecule has 0 spiro atoms. The van der Waals surface area contributed by atoms with Crippen molar-refractivity contribution < 1.29 is 4.79 Å². The molecule has 120 valence electrons. The molecule has 6 nitrogen and oxygen atoms in total. The zero-order chi connectivity index (χ0) is 16.1. The van der Waals surface area contributed by atoms with Crippen LogP contribution in [0.4, 0.5) is 0 Å². The minimum atomic E-state index is -0.0592. The fourth-order valence-corrected chi connectivity index (χ4v) is 2.92. The molecular weight excluding hydrogens is 290 g/mol. The van der Waals surface area contributed by atoms with E-state index in [4.69, 9.17) is 0 Å². The van der Waals surface area contributed by atoms with Gasteiger partial charge in [-0.15, -0.1) is 0 Å². The highest BCUT2D eigenvalue weighted by atomic mass is 16.1. The summed E-state index contributed by atoms with van der Waals surface area (Å²) in [7, 11) is 1.65. The SMILES string of the molecule is CNC(=O)c1cccc(C2CNCCN2Cc2cnccn2)c1. The molecule has 1 atom stereocenters. The second-order valence-corrected chi connectivity index (χ2v) is 5.59. The minimum Gasteiger partial charge on any atom is -0.355 e. The standard InChI is InChI=1S/C17H21N5O/c1-18-17(23)14-4-2-3-13(9-14)16-11-20-7-8-22(16)12-15-10-19-5-6-21-15/h2-6,9-10,16,20H,7-8,11-12H2,1H3,(H,18,23). The Hall–Kier alpha value is -2.31. The first-order valence-electron chi connectivity index (χ1n) is 7.79. The van der Waals surface area contributed by atoms with Gasteiger partial charge in [-0.25, -0.2) is 0 Å². The lowest BCUT2D eigenvalue weighted by Gasteiger charge is -2.36. The molecule has 1 amide bonds. The molecule has 1 fully saturated rings. The Labute approximate surface area is 135 Å². The molecule has 1 aromatic heterocycles. The van der Waals surface area contributed by atoms with Crippen LogP contribution in [0.25, 0.3) is 0 Å². The molecule has 0 aliphatic carbocycles. The lowest BCUT2D eigenvalue weighted by Crippen LogP contribution is -2.45. The quantitative estimate of drug-likeness (QED) is 0.881. The van der Waals surface area contributed by atoms with Crippen LogP contribution in [0.2, 0.25) is 0 Å². The number of amides is 1. The van der Waals surface area contributed by atoms with Crippen LogP contribution in [-0.4, -0.2) is 47.5 Å². The van der Waals surface area contributed by atoms with E-state index in [1.165, 1.54) is 0 Å². The lowest BCUT2D eigenvalue weighted by atomic mass is 10.0. The molecule has 1 aromatic carbocycles. The van der Waals surface area contributed by atoms with E-state index in [9.17, 15) is 4.79 Å². The average Bonchev–Trinajstić information content (AvgIpc) is 2.62. The zero-order valence-corrected chi connectivity index (χ0v) is 13.2. The van der Waals surface area contributed by atoms with Crippen LogP contribution in [0.5, 0.6) is 0 Å². The van der Waals surface area contributed by atoms with Gasteiger partial charge in [0.1, 0.15) is 0 Å². The number of benzene rings is 1. The second kappa shape index (κ2) is 7.30. The Balaban J connectivity index is 1.82. The van der Waals surface area contributed by atoms with E-state index in [-0.39, 0.29) is 11.9 Å². The number of rotatable bonds is 4. The third-order valence-electron chi connectivity index (χ3n) is 4.10. The molecule has 0 saturated carbocycles. The van der Waals surface area contributed by atoms with Crippen LogP contribution in [0.15, 0.2) is 42.9 Å². The van der Waals surface area contributed by atoms with E-state index >= 15 is 0 Å². The summed E-state index contributed by atoms with van der Waals surface area (Å²) in [4.78, 5) is 22.8. The number of hydrogen-bond acceptors (Lipinski definition) is 5. The predicted octanol–water partition coefficient (Wildman–Crippen LogP) is 0.983. The molecule has 3 rings (SSSR count). The summed E-state index contributed by atoms with van der Waals surface area (Å²) in [6, 6.07) is 8.05. The maximum atomic E-state index is 11.9. The van der Waals surface area contributed by atoms with Gasteiger partial charge in [0.05, 0.1) is 5.69 Å². The van der Waals surface area contributed by atoms with Gasteiger partial charge in [-0.3, -0.25) is 19.7 Å². The predicted molar refractivity (Wildman–Crippen MR) is 87.9 cm³/mol. The Bertz CT molecular complexity index is 661. The van der Waals surface area contributed by atoms with Crippen molar-refractivity contribution in [2.24, 2.45) is 0 Å². The van der Waals surface area contributed by atoms with Crippen molar-refractivity contribution in [2.45, 2.75) is 12.6 Å². The molecule has 0 bridgehead atoms. The first-order valence-corrected chi connectivity index (χ1v) is 7.79. The van der Waals surface area contributed by atoms with E-state index < -0.39 is 0 Å². The normalized spacial score (nSPS) is 18.6. The number of carbonyl (C=O) groups is 1. The van der Waals surface area contributed by atoms with E-state index in [0.29, 0.717) is 5.56 Å². The van der Waals surface area contributed by atoms with Gasteiger partial charge in [0.15, 0.2) is 0 Å². The number of hydrogen-bond donors (Lipinski definition) is 2. The van der Waals surface area contributed by atoms with Gasteiger partial charge in [0.2, 0.25) is 0 Å². The first kappa shape index (κ1) is 15.6. The van der Waals surface area contributed by atoms with Gasteiger partial charge in [-0.1, -0.05) is 12.1 Å². The van der Waals surface area contributed by atoms with Gasteiger partial charge in [-0.05, 0) is 17.7 Å². The third kappa shape index (κ3) is 3.72. The van der Waals surface area contributed by atoms with Gasteiger partial charge < -0.3 is 10.6 Å². The van der Waals surface area contributed by atoms with Crippen LogP contribution in [0, 0.1) is 0 Å². The Morgan fingerprint density at radius 3 is 3.13 bits per heavy atom. The summed E-state index contributed by atoms with van der Waals surface area (Å²) in [5.41, 5.74) is 2.79. The molecule has 1 aliphatic rings. The summed E-state index contributed by atoms with van der Waals surface area (Å²) in [5.74, 6) is -0.0592. The summed E-state index contributed by atoms with van der Waals surface area (Å²) in [6.45, 7) is 3.50. The summed E-state index contributed by atoms with van der Waals surface area (Å²) in [5, 5.41) is 6.11. The van der Waals surface area contributed by atoms with Crippen LogP contribution < -0.4 is 10.6 Å². The molecule has 2 heterocycles. The lowest BCUT2D eigenvalue weighted by molar-refractivity contribution is 0.0962. The highest BCUT2D eigenvalue weighted by Gasteiger charge is 2.24. The highest BCUT2D eigenvalue weighted by molar-refractivity contribution is 5.94. The maximum Gasteiger partial charge on any atom is 0.251 e. The van der Waals surface area contributed by atoms with Gasteiger partial charge >= 0.3 is 0 Å². The fourth-order valence-electron chi connectivity index (χ4n) is 2.92. The Morgan fingerprint density at radius 2 is 2.35 bits per heavy atom. The van der Waals surface area contributed by atoms with Crippen molar-refractivity contribution in [3.63, 3.8) is 0 Å². The molecule has 23 heavy (non-hydrogen) atoms. The van der Waals surface area contributed by atoms with Crippen LogP contribution in [0.3, 0.4) is 0 Å². The topological polar surface area (TPSA) is 70.2 Å². The molecule has 1 aliphatic heterocycles. The zero-order valence-electron chi connectivity index (χ0n) is 13.2. The highest BCUT2D eigenvalue weighted by Crippen LogP contribution is 2.24. The van der Waals surface area contributed by atoms with Crippen LogP contribution >= 0.6 is 0 Å². The van der Waals surface area contributed by atoms with Crippen molar-refractivity contribution in [2.75, 3.05) is 26.7 Å². The second-order valence-electron chi connectivity index (χ2n) is 5.59. The number of nitrogens with one attached hydrogen (secondary N) is 2. The molecule has 2 N–H and O–H groups in total. The van der Waals surface area contributed by atoms with Gasteiger partial charge in [-0.2, -0.15) is 0 Å². The molecule has 1 unspecified atom stereocenters. The molecule has 1 saturated heterocycles. The number of nitrogens with zero attached hydrogens (tertiary/aromatic N) is 3. The summed E-state index contributed by atoms with van der Waals surface area (Å²) in [6.07, 6.45) is 5.21. The molecule has 0 radical (unpaired) electrons. The van der Waals surface area contributed by atoms with E-state index in [1.54, 1.807) is 25.6 Å². The monoisotopic (exact) mass is 311 g/mol. The first-order chi connectivity index (χ1) is 11.3. The van der Waals surface area contributed by atoms with E-state index in [2.05, 4.69) is 31.6 Å². The number of carbonyl (C=O) groups excluding carboxylic acids is 1. The Morgan fingerprint density at radius 1 is 1.43 bits per heavy atom. The van der Waals surface area contributed by atoms with Crippen LogP contribution in [-0.2, 0) is 6.54 Å². The summed E-state index contributed by atoms with van der Waals surface area (Å²) >= 11 is 0. The number of aromatic nitrogens is 2. The minimum absolute atomic E-state index is 0.0592. The largest absolute Gasteiger partial charge is 0.355 e. The van der Waals surface area contributed by atoms with Crippen LogP contribution in [0.1, 0.15) is 27.7 Å². The van der Waals surface area contributed by atoms with Gasteiger partial charge in [0, 0.05) is 63.4 Å². The van der Waals surface area contributed by atoms with Gasteiger partial charge in [0.25, 0.3) is 5.91 Å². The van der Waals surface area contributed by atoms with Crippen molar-refractivity contribution in [1.29, 1.82) is 0 Å². The van der Waals surface area contributed by atoms with E-state index in [0.717, 1.165) is 37.4 Å². The maximum absolute atomic E-state index is 11.9. The Kier molecular flexibility index (Phi) is 4.95. The van der Waals surface area contributed by atoms with Crippen molar-refractivity contribution >= 4 is 5.91 Å². The van der Waals surface area contributed by atoms with Crippen molar-refractivity contribution in [3.8, 4) is 0 Å². The van der Waals surface area contributed by atoms with E-state index in [1.807, 2.05) is 18.2 Å². The molecular formula is C17H21N5O. The number of piperazine rings is 1. The van der Waals surface area contributed by atoms with Crippen molar-refractivity contribution in [1.82, 2.24) is 25.5 Å². The summed E-state index contributed by atoms with van der Waals surface area (Å²) < 4.78 is 0. The fraction of sp³-hybridized carbons (Fsp3) is 0.353.